The highest BCUT2D eigenvalue weighted by Gasteiger charge is 2.39. The van der Waals surface area contributed by atoms with Gasteiger partial charge in [-0.1, -0.05) is 40.9 Å². The molecule has 1 aliphatic heterocycles. The Kier molecular flexibility index (Phi) is 4.58. The number of amides is 2. The summed E-state index contributed by atoms with van der Waals surface area (Å²) in [6, 6.07) is 8.12. The number of benzene rings is 2. The highest BCUT2D eigenvalue weighted by atomic mass is 35.5. The predicted octanol–water partition coefficient (Wildman–Crippen LogP) is 4.10. The quantitative estimate of drug-likeness (QED) is 0.616. The second-order valence-electron chi connectivity index (χ2n) is 5.23. The van der Waals surface area contributed by atoms with E-state index in [2.05, 4.69) is 5.32 Å². The van der Waals surface area contributed by atoms with Crippen LogP contribution in [-0.2, 0) is 9.59 Å². The molecule has 0 radical (unpaired) electrons. The van der Waals surface area contributed by atoms with Gasteiger partial charge in [0.1, 0.15) is 11.8 Å². The summed E-state index contributed by atoms with van der Waals surface area (Å²) in [4.78, 5) is 25.8. The number of aromatic hydroxyl groups is 1. The van der Waals surface area contributed by atoms with Crippen LogP contribution in [0.2, 0.25) is 15.1 Å². The van der Waals surface area contributed by atoms with Crippen LogP contribution in [0.25, 0.3) is 0 Å². The second-order valence-corrected chi connectivity index (χ2v) is 6.46. The minimum Gasteiger partial charge on any atom is -0.508 e. The van der Waals surface area contributed by atoms with Crippen LogP contribution in [0.3, 0.4) is 0 Å². The minimum absolute atomic E-state index is 0.0305. The number of halogens is 3. The average Bonchev–Trinajstić information content (AvgIpc) is 2.79. The van der Waals surface area contributed by atoms with Gasteiger partial charge >= 0.3 is 0 Å². The summed E-state index contributed by atoms with van der Waals surface area (Å²) < 4.78 is 0. The first-order valence-corrected chi connectivity index (χ1v) is 8.07. The monoisotopic (exact) mass is 384 g/mol. The molecule has 2 aromatic carbocycles. The van der Waals surface area contributed by atoms with Crippen LogP contribution in [0.1, 0.15) is 6.42 Å². The summed E-state index contributed by atoms with van der Waals surface area (Å²) in [7, 11) is 0. The van der Waals surface area contributed by atoms with E-state index in [0.29, 0.717) is 21.4 Å². The Morgan fingerprint density at radius 3 is 2.46 bits per heavy atom. The van der Waals surface area contributed by atoms with Crippen molar-refractivity contribution in [3.63, 3.8) is 0 Å². The molecule has 2 aromatic rings. The standard InChI is InChI=1S/C16H11Cl3N2O3/c17-10-5-12(19)13(6-11(10)18)20-14-7-15(23)21(16(14)24)8-2-1-3-9(22)4-8/h1-6,14,20,22H,7H2. The van der Waals surface area contributed by atoms with Crippen molar-refractivity contribution in [2.45, 2.75) is 12.5 Å². The molecule has 2 amide bonds. The Morgan fingerprint density at radius 1 is 1.04 bits per heavy atom. The fraction of sp³-hybridized carbons (Fsp3) is 0.125. The molecule has 2 N–H and O–H groups in total. The van der Waals surface area contributed by atoms with Gasteiger partial charge in [-0.15, -0.1) is 0 Å². The summed E-state index contributed by atoms with van der Waals surface area (Å²) in [5, 5.41) is 13.3. The molecule has 5 nitrogen and oxygen atoms in total. The molecule has 0 bridgehead atoms. The zero-order valence-electron chi connectivity index (χ0n) is 12.1. The van der Waals surface area contributed by atoms with Crippen molar-refractivity contribution in [3.05, 3.63) is 51.5 Å². The summed E-state index contributed by atoms with van der Waals surface area (Å²) in [6.45, 7) is 0. The number of carbonyl (C=O) groups is 2. The van der Waals surface area contributed by atoms with E-state index in [9.17, 15) is 14.7 Å². The van der Waals surface area contributed by atoms with Crippen molar-refractivity contribution in [2.75, 3.05) is 10.2 Å². The summed E-state index contributed by atoms with van der Waals surface area (Å²) >= 11 is 17.9. The van der Waals surface area contributed by atoms with Crippen LogP contribution in [-0.4, -0.2) is 23.0 Å². The first-order chi connectivity index (χ1) is 11.4. The van der Waals surface area contributed by atoms with E-state index in [1.807, 2.05) is 0 Å². The number of nitrogens with one attached hydrogen (secondary N) is 1. The molecular weight excluding hydrogens is 375 g/mol. The number of nitrogens with zero attached hydrogens (tertiary/aromatic N) is 1. The van der Waals surface area contributed by atoms with Gasteiger partial charge in [0.05, 0.1) is 32.9 Å². The summed E-state index contributed by atoms with van der Waals surface area (Å²) in [5.41, 5.74) is 0.726. The number of imide groups is 1. The Bertz CT molecular complexity index is 841. The third-order valence-corrected chi connectivity index (χ3v) is 4.61. The normalized spacial score (nSPS) is 17.5. The lowest BCUT2D eigenvalue weighted by atomic mass is 10.2. The van der Waals surface area contributed by atoms with E-state index < -0.39 is 11.9 Å². The Labute approximate surface area is 152 Å². The van der Waals surface area contributed by atoms with E-state index in [-0.39, 0.29) is 23.1 Å². The number of phenolic OH excluding ortho intramolecular Hbond substituents is 1. The Morgan fingerprint density at radius 2 is 1.75 bits per heavy atom. The molecule has 1 unspecified atom stereocenters. The predicted molar refractivity (Wildman–Crippen MR) is 94.1 cm³/mol. The molecule has 0 saturated carbocycles. The first kappa shape index (κ1) is 16.9. The van der Waals surface area contributed by atoms with E-state index in [4.69, 9.17) is 34.8 Å². The molecule has 1 heterocycles. The van der Waals surface area contributed by atoms with Gasteiger partial charge in [0.15, 0.2) is 0 Å². The Hall–Kier alpha value is -1.95. The van der Waals surface area contributed by atoms with Crippen LogP contribution in [0.4, 0.5) is 11.4 Å². The molecule has 0 aromatic heterocycles. The maximum absolute atomic E-state index is 12.6. The van der Waals surface area contributed by atoms with Crippen molar-refractivity contribution in [3.8, 4) is 5.75 Å². The molecule has 8 heteroatoms. The maximum Gasteiger partial charge on any atom is 0.256 e. The van der Waals surface area contributed by atoms with Crippen molar-refractivity contribution in [2.24, 2.45) is 0 Å². The lowest BCUT2D eigenvalue weighted by Crippen LogP contribution is -2.34. The largest absolute Gasteiger partial charge is 0.508 e. The fourth-order valence-corrected chi connectivity index (χ4v) is 3.07. The van der Waals surface area contributed by atoms with E-state index in [0.717, 1.165) is 4.90 Å². The number of hydrogen-bond donors (Lipinski definition) is 2. The van der Waals surface area contributed by atoms with Crippen molar-refractivity contribution >= 4 is 58.0 Å². The number of carbonyl (C=O) groups excluding carboxylic acids is 2. The smallest absolute Gasteiger partial charge is 0.256 e. The van der Waals surface area contributed by atoms with Gasteiger partial charge in [-0.25, -0.2) is 4.90 Å². The van der Waals surface area contributed by atoms with Gasteiger partial charge in [-0.2, -0.15) is 0 Å². The van der Waals surface area contributed by atoms with E-state index in [1.165, 1.54) is 24.3 Å². The lowest BCUT2D eigenvalue weighted by Gasteiger charge is -2.17. The molecule has 0 spiro atoms. The number of phenols is 1. The number of anilines is 2. The molecule has 124 valence electrons. The third-order valence-electron chi connectivity index (χ3n) is 3.57. The van der Waals surface area contributed by atoms with Crippen LogP contribution >= 0.6 is 34.8 Å². The molecule has 1 fully saturated rings. The van der Waals surface area contributed by atoms with Crippen molar-refractivity contribution in [1.82, 2.24) is 0 Å². The third kappa shape index (κ3) is 3.15. The van der Waals surface area contributed by atoms with Crippen LogP contribution in [0, 0.1) is 0 Å². The number of rotatable bonds is 3. The van der Waals surface area contributed by atoms with Gasteiger partial charge in [0.25, 0.3) is 5.91 Å². The molecule has 0 aliphatic carbocycles. The molecule has 1 saturated heterocycles. The zero-order valence-corrected chi connectivity index (χ0v) is 14.4. The van der Waals surface area contributed by atoms with Crippen molar-refractivity contribution < 1.29 is 14.7 Å². The highest BCUT2D eigenvalue weighted by Crippen LogP contribution is 2.34. The summed E-state index contributed by atoms with van der Waals surface area (Å²) in [5.74, 6) is -0.843. The molecule has 3 rings (SSSR count). The van der Waals surface area contributed by atoms with E-state index in [1.54, 1.807) is 12.1 Å². The molecule has 1 aliphatic rings. The molecular formula is C16H11Cl3N2O3. The number of hydrogen-bond acceptors (Lipinski definition) is 4. The van der Waals surface area contributed by atoms with Gasteiger partial charge in [0.2, 0.25) is 5.91 Å². The zero-order chi connectivity index (χ0) is 17.4. The van der Waals surface area contributed by atoms with Crippen molar-refractivity contribution in [1.29, 1.82) is 0 Å². The minimum atomic E-state index is -0.783. The maximum atomic E-state index is 12.6. The van der Waals surface area contributed by atoms with Gasteiger partial charge in [-0.05, 0) is 24.3 Å². The van der Waals surface area contributed by atoms with Crippen LogP contribution in [0.5, 0.6) is 5.75 Å². The fourth-order valence-electron chi connectivity index (χ4n) is 2.47. The van der Waals surface area contributed by atoms with E-state index >= 15 is 0 Å². The second kappa shape index (κ2) is 6.51. The first-order valence-electron chi connectivity index (χ1n) is 6.93. The van der Waals surface area contributed by atoms with Gasteiger partial charge in [0, 0.05) is 6.07 Å². The van der Waals surface area contributed by atoms with Crippen LogP contribution in [0.15, 0.2) is 36.4 Å². The van der Waals surface area contributed by atoms with Gasteiger partial charge < -0.3 is 10.4 Å². The SMILES string of the molecule is O=C1CC(Nc2cc(Cl)c(Cl)cc2Cl)C(=O)N1c1cccc(O)c1. The van der Waals surface area contributed by atoms with Gasteiger partial charge in [-0.3, -0.25) is 9.59 Å². The molecule has 1 atom stereocenters. The lowest BCUT2D eigenvalue weighted by molar-refractivity contribution is -0.121. The van der Waals surface area contributed by atoms with Crippen LogP contribution < -0.4 is 10.2 Å². The Balaban J connectivity index is 1.86. The summed E-state index contributed by atoms with van der Waals surface area (Å²) in [6.07, 6.45) is -0.0366. The highest BCUT2D eigenvalue weighted by molar-refractivity contribution is 6.44. The average molecular weight is 386 g/mol. The molecule has 24 heavy (non-hydrogen) atoms. The topological polar surface area (TPSA) is 69.6 Å².